The second kappa shape index (κ2) is 5.59. The van der Waals surface area contributed by atoms with Gasteiger partial charge in [0.05, 0.1) is 0 Å². The summed E-state index contributed by atoms with van der Waals surface area (Å²) >= 11 is 0. The lowest BCUT2D eigenvalue weighted by atomic mass is 10.1. The van der Waals surface area contributed by atoms with Crippen LogP contribution in [-0.4, -0.2) is 11.1 Å². The van der Waals surface area contributed by atoms with Crippen LogP contribution >= 0.6 is 0 Å². The first-order chi connectivity index (χ1) is 7.13. The fourth-order valence-electron chi connectivity index (χ4n) is 1.46. The molecule has 1 rings (SSSR count). The highest BCUT2D eigenvalue weighted by Gasteiger charge is 2.04. The molecule has 1 aromatic carbocycles. The van der Waals surface area contributed by atoms with Crippen molar-refractivity contribution in [1.82, 2.24) is 0 Å². The molecule has 2 nitrogen and oxygen atoms in total. The van der Waals surface area contributed by atoms with E-state index in [1.807, 2.05) is 0 Å². The Kier molecular flexibility index (Phi) is 4.40. The third-order valence-electron chi connectivity index (χ3n) is 2.35. The van der Waals surface area contributed by atoms with Crippen LogP contribution in [0.2, 0.25) is 0 Å². The van der Waals surface area contributed by atoms with Crippen molar-refractivity contribution in [1.29, 1.82) is 0 Å². The van der Waals surface area contributed by atoms with Crippen LogP contribution in [0, 0.1) is 5.82 Å². The Bertz CT molecular complexity index is 314. The molecule has 0 aromatic heterocycles. The number of rotatable bonds is 5. The normalized spacial score (nSPS) is 12.5. The van der Waals surface area contributed by atoms with Gasteiger partial charge in [-0.25, -0.2) is 4.39 Å². The van der Waals surface area contributed by atoms with Crippen LogP contribution in [0.15, 0.2) is 18.2 Å². The third-order valence-corrected chi connectivity index (χ3v) is 2.35. The Labute approximate surface area is 90.1 Å². The quantitative estimate of drug-likeness (QED) is 0.730. The maximum Gasteiger partial charge on any atom is 0.166 e. The second-order valence-corrected chi connectivity index (χ2v) is 3.85. The maximum atomic E-state index is 13.0. The number of halogens is 1. The molecule has 0 radical (unpaired) electrons. The summed E-state index contributed by atoms with van der Waals surface area (Å²) in [5.41, 5.74) is 0.717. The van der Waals surface area contributed by atoms with Crippen LogP contribution in [0.5, 0.6) is 5.75 Å². The molecule has 0 heterocycles. The summed E-state index contributed by atoms with van der Waals surface area (Å²) in [6, 6.07) is 4.69. The van der Waals surface area contributed by atoms with E-state index in [1.54, 1.807) is 6.07 Å². The monoisotopic (exact) mass is 211 g/mol. The first-order valence-corrected chi connectivity index (χ1v) is 5.38. The van der Waals surface area contributed by atoms with Crippen LogP contribution in [0.25, 0.3) is 0 Å². The summed E-state index contributed by atoms with van der Waals surface area (Å²) < 4.78 is 13.0. The molecule has 0 aliphatic carbocycles. The van der Waals surface area contributed by atoms with Gasteiger partial charge >= 0.3 is 0 Å². The van der Waals surface area contributed by atoms with Gasteiger partial charge in [0.15, 0.2) is 11.6 Å². The average Bonchev–Trinajstić information content (AvgIpc) is 2.20. The maximum absolute atomic E-state index is 13.0. The molecule has 0 saturated heterocycles. The molecule has 0 fully saturated rings. The molecule has 0 bridgehead atoms. The van der Waals surface area contributed by atoms with Crippen molar-refractivity contribution in [2.45, 2.75) is 39.2 Å². The van der Waals surface area contributed by atoms with Crippen LogP contribution in [-0.2, 0) is 0 Å². The van der Waals surface area contributed by atoms with E-state index in [-0.39, 0.29) is 5.75 Å². The second-order valence-electron chi connectivity index (χ2n) is 3.85. The number of unbranched alkanes of at least 4 members (excludes halogenated alkanes) is 1. The lowest BCUT2D eigenvalue weighted by molar-refractivity contribution is 0.432. The molecule has 1 unspecified atom stereocenters. The van der Waals surface area contributed by atoms with Gasteiger partial charge in [0.2, 0.25) is 0 Å². The van der Waals surface area contributed by atoms with Crippen molar-refractivity contribution in [3.63, 3.8) is 0 Å². The Morgan fingerprint density at radius 1 is 1.47 bits per heavy atom. The average molecular weight is 211 g/mol. The van der Waals surface area contributed by atoms with Crippen molar-refractivity contribution >= 4 is 5.69 Å². The summed E-state index contributed by atoms with van der Waals surface area (Å²) in [5.74, 6) is -0.885. The molecule has 1 aromatic rings. The summed E-state index contributed by atoms with van der Waals surface area (Å²) in [5, 5.41) is 12.2. The number of nitrogens with one attached hydrogen (secondary N) is 1. The summed E-state index contributed by atoms with van der Waals surface area (Å²) in [4.78, 5) is 0. The summed E-state index contributed by atoms with van der Waals surface area (Å²) in [6.45, 7) is 4.22. The Morgan fingerprint density at radius 2 is 2.20 bits per heavy atom. The van der Waals surface area contributed by atoms with Crippen molar-refractivity contribution in [3.8, 4) is 5.75 Å². The molecule has 84 valence electrons. The van der Waals surface area contributed by atoms with E-state index in [2.05, 4.69) is 19.2 Å². The molecule has 0 aliphatic heterocycles. The van der Waals surface area contributed by atoms with Gasteiger partial charge in [0, 0.05) is 17.8 Å². The predicted octanol–water partition coefficient (Wildman–Crippen LogP) is 3.52. The standard InChI is InChI=1S/C12H18FNO/c1-3-4-5-9(2)14-10-6-7-12(15)11(13)8-10/h6-9,14-15H,3-5H2,1-2H3. The number of aromatic hydroxyl groups is 1. The Balaban J connectivity index is 2.53. The molecular weight excluding hydrogens is 193 g/mol. The van der Waals surface area contributed by atoms with Crippen molar-refractivity contribution in [3.05, 3.63) is 24.0 Å². The number of phenols is 1. The van der Waals surface area contributed by atoms with Gasteiger partial charge in [-0.05, 0) is 25.5 Å². The highest BCUT2D eigenvalue weighted by molar-refractivity contribution is 5.47. The number of anilines is 1. The van der Waals surface area contributed by atoms with Crippen LogP contribution in [0.3, 0.4) is 0 Å². The van der Waals surface area contributed by atoms with Gasteiger partial charge in [-0.1, -0.05) is 19.8 Å². The number of hydrogen-bond donors (Lipinski definition) is 2. The first kappa shape index (κ1) is 11.8. The van der Waals surface area contributed by atoms with Crippen molar-refractivity contribution < 1.29 is 9.50 Å². The van der Waals surface area contributed by atoms with Gasteiger partial charge in [-0.15, -0.1) is 0 Å². The first-order valence-electron chi connectivity index (χ1n) is 5.38. The van der Waals surface area contributed by atoms with E-state index < -0.39 is 5.82 Å². The third kappa shape index (κ3) is 3.78. The summed E-state index contributed by atoms with van der Waals surface area (Å²) in [7, 11) is 0. The van der Waals surface area contributed by atoms with Crippen molar-refractivity contribution in [2.75, 3.05) is 5.32 Å². The number of benzene rings is 1. The van der Waals surface area contributed by atoms with Gasteiger partial charge in [-0.3, -0.25) is 0 Å². The minimum atomic E-state index is -0.581. The van der Waals surface area contributed by atoms with Crippen LogP contribution in [0.1, 0.15) is 33.1 Å². The molecule has 0 spiro atoms. The molecular formula is C12H18FNO. The van der Waals surface area contributed by atoms with Crippen molar-refractivity contribution in [2.24, 2.45) is 0 Å². The van der Waals surface area contributed by atoms with E-state index in [4.69, 9.17) is 5.11 Å². The minimum Gasteiger partial charge on any atom is -0.505 e. The topological polar surface area (TPSA) is 32.3 Å². The smallest absolute Gasteiger partial charge is 0.166 e. The lowest BCUT2D eigenvalue weighted by Gasteiger charge is -2.14. The number of hydrogen-bond acceptors (Lipinski definition) is 2. The van der Waals surface area contributed by atoms with Gasteiger partial charge < -0.3 is 10.4 Å². The Hall–Kier alpha value is -1.25. The van der Waals surface area contributed by atoms with Gasteiger partial charge in [0.25, 0.3) is 0 Å². The van der Waals surface area contributed by atoms with Crippen LogP contribution < -0.4 is 5.32 Å². The van der Waals surface area contributed by atoms with Crippen LogP contribution in [0.4, 0.5) is 10.1 Å². The zero-order valence-electron chi connectivity index (χ0n) is 9.26. The zero-order chi connectivity index (χ0) is 11.3. The van der Waals surface area contributed by atoms with E-state index >= 15 is 0 Å². The Morgan fingerprint density at radius 3 is 2.80 bits per heavy atom. The fraction of sp³-hybridized carbons (Fsp3) is 0.500. The molecule has 0 saturated carbocycles. The van der Waals surface area contributed by atoms with Gasteiger partial charge in [0.1, 0.15) is 0 Å². The SMILES string of the molecule is CCCCC(C)Nc1ccc(O)c(F)c1. The molecule has 0 aliphatic rings. The lowest BCUT2D eigenvalue weighted by Crippen LogP contribution is -2.14. The molecule has 1 atom stereocenters. The molecule has 2 N–H and O–H groups in total. The van der Waals surface area contributed by atoms with E-state index in [9.17, 15) is 4.39 Å². The number of phenolic OH excluding ortho intramolecular Hbond substituents is 1. The predicted molar refractivity (Wildman–Crippen MR) is 60.7 cm³/mol. The largest absolute Gasteiger partial charge is 0.505 e. The minimum absolute atomic E-state index is 0.304. The van der Waals surface area contributed by atoms with E-state index in [0.29, 0.717) is 11.7 Å². The summed E-state index contributed by atoms with van der Waals surface area (Å²) in [6.07, 6.45) is 3.39. The molecule has 0 amide bonds. The highest BCUT2D eigenvalue weighted by atomic mass is 19.1. The molecule has 3 heteroatoms. The highest BCUT2D eigenvalue weighted by Crippen LogP contribution is 2.20. The van der Waals surface area contributed by atoms with E-state index in [0.717, 1.165) is 19.3 Å². The fourth-order valence-corrected chi connectivity index (χ4v) is 1.46. The zero-order valence-corrected chi connectivity index (χ0v) is 9.26. The van der Waals surface area contributed by atoms with Gasteiger partial charge in [-0.2, -0.15) is 0 Å². The van der Waals surface area contributed by atoms with E-state index in [1.165, 1.54) is 12.1 Å². The molecule has 15 heavy (non-hydrogen) atoms.